The SMILES string of the molecule is CC(C)c1nc(C=Cc2cn(C)nn2)ncc1C(=O)O. The Morgan fingerprint density at radius 3 is 2.70 bits per heavy atom. The van der Waals surface area contributed by atoms with Gasteiger partial charge in [-0.05, 0) is 18.1 Å². The summed E-state index contributed by atoms with van der Waals surface area (Å²) in [6.45, 7) is 3.79. The molecule has 0 saturated heterocycles. The lowest BCUT2D eigenvalue weighted by atomic mass is 10.1. The Bertz CT molecular complexity index is 661. The summed E-state index contributed by atoms with van der Waals surface area (Å²) in [5.74, 6) is -0.560. The Labute approximate surface area is 116 Å². The predicted molar refractivity (Wildman–Crippen MR) is 73.0 cm³/mol. The first-order chi connectivity index (χ1) is 9.47. The van der Waals surface area contributed by atoms with Gasteiger partial charge in [0.1, 0.15) is 5.69 Å². The number of nitrogens with zero attached hydrogens (tertiary/aromatic N) is 5. The van der Waals surface area contributed by atoms with Crippen molar-refractivity contribution >= 4 is 18.1 Å². The number of carboxylic acid groups (broad SMARTS) is 1. The van der Waals surface area contributed by atoms with Gasteiger partial charge < -0.3 is 5.11 Å². The largest absolute Gasteiger partial charge is 0.478 e. The fraction of sp³-hybridized carbons (Fsp3) is 0.308. The average Bonchev–Trinajstić information content (AvgIpc) is 2.81. The van der Waals surface area contributed by atoms with Crippen LogP contribution in [0.1, 0.15) is 47.3 Å². The standard InChI is InChI=1S/C13H15N5O2/c1-8(2)12-10(13(19)20)6-14-11(15-12)5-4-9-7-18(3)17-16-9/h4-8H,1-3H3,(H,19,20). The molecule has 0 amide bonds. The molecule has 0 aliphatic heterocycles. The Kier molecular flexibility index (Phi) is 3.88. The minimum Gasteiger partial charge on any atom is -0.478 e. The van der Waals surface area contributed by atoms with E-state index in [9.17, 15) is 4.79 Å². The molecule has 1 N–H and O–H groups in total. The highest BCUT2D eigenvalue weighted by Crippen LogP contribution is 2.17. The highest BCUT2D eigenvalue weighted by atomic mass is 16.4. The highest BCUT2D eigenvalue weighted by molar-refractivity contribution is 5.88. The predicted octanol–water partition coefficient (Wildman–Crippen LogP) is 1.60. The van der Waals surface area contributed by atoms with E-state index in [0.29, 0.717) is 17.2 Å². The van der Waals surface area contributed by atoms with Gasteiger partial charge in [-0.15, -0.1) is 5.10 Å². The first kappa shape index (κ1) is 13.9. The summed E-state index contributed by atoms with van der Waals surface area (Å²) in [4.78, 5) is 19.4. The van der Waals surface area contributed by atoms with Gasteiger partial charge in [-0.25, -0.2) is 14.8 Å². The number of aryl methyl sites for hydroxylation is 1. The van der Waals surface area contributed by atoms with Crippen molar-refractivity contribution in [2.24, 2.45) is 7.05 Å². The third kappa shape index (κ3) is 3.05. The van der Waals surface area contributed by atoms with Crippen molar-refractivity contribution in [3.05, 3.63) is 35.2 Å². The second-order valence-corrected chi connectivity index (χ2v) is 4.64. The van der Waals surface area contributed by atoms with E-state index in [1.54, 1.807) is 30.1 Å². The van der Waals surface area contributed by atoms with E-state index in [0.717, 1.165) is 0 Å². The van der Waals surface area contributed by atoms with Crippen LogP contribution in [0.15, 0.2) is 12.4 Å². The van der Waals surface area contributed by atoms with Gasteiger partial charge in [0.25, 0.3) is 0 Å². The molecule has 7 nitrogen and oxygen atoms in total. The molecule has 0 aliphatic carbocycles. The van der Waals surface area contributed by atoms with E-state index in [2.05, 4.69) is 20.3 Å². The fourth-order valence-corrected chi connectivity index (χ4v) is 1.70. The Morgan fingerprint density at radius 1 is 1.40 bits per heavy atom. The van der Waals surface area contributed by atoms with Gasteiger partial charge in [-0.1, -0.05) is 19.1 Å². The first-order valence-electron chi connectivity index (χ1n) is 6.12. The highest BCUT2D eigenvalue weighted by Gasteiger charge is 2.15. The number of aromatic carboxylic acids is 1. The average molecular weight is 273 g/mol. The molecule has 0 unspecified atom stereocenters. The Hall–Kier alpha value is -2.57. The minimum atomic E-state index is -1.02. The van der Waals surface area contributed by atoms with E-state index in [4.69, 9.17) is 5.11 Å². The Balaban J connectivity index is 2.31. The number of hydrogen-bond acceptors (Lipinski definition) is 5. The maximum Gasteiger partial charge on any atom is 0.339 e. The summed E-state index contributed by atoms with van der Waals surface area (Å²) in [7, 11) is 1.78. The molecule has 20 heavy (non-hydrogen) atoms. The van der Waals surface area contributed by atoms with Crippen LogP contribution in [-0.4, -0.2) is 36.0 Å². The summed E-state index contributed by atoms with van der Waals surface area (Å²) < 4.78 is 1.59. The number of aromatic nitrogens is 5. The molecule has 2 heterocycles. The third-order valence-corrected chi connectivity index (χ3v) is 2.64. The molecule has 0 atom stereocenters. The van der Waals surface area contributed by atoms with Crippen LogP contribution in [0, 0.1) is 0 Å². The molecule has 0 radical (unpaired) electrons. The van der Waals surface area contributed by atoms with Crippen molar-refractivity contribution in [2.75, 3.05) is 0 Å². The molecule has 0 aromatic carbocycles. The van der Waals surface area contributed by atoms with Crippen LogP contribution in [0.5, 0.6) is 0 Å². The van der Waals surface area contributed by atoms with Crippen LogP contribution in [0.3, 0.4) is 0 Å². The number of hydrogen-bond donors (Lipinski definition) is 1. The summed E-state index contributed by atoms with van der Waals surface area (Å²) >= 11 is 0. The van der Waals surface area contributed by atoms with Crippen molar-refractivity contribution in [3.63, 3.8) is 0 Å². The molecular formula is C13H15N5O2. The first-order valence-corrected chi connectivity index (χ1v) is 6.12. The van der Waals surface area contributed by atoms with Crippen molar-refractivity contribution in [2.45, 2.75) is 19.8 Å². The third-order valence-electron chi connectivity index (χ3n) is 2.64. The smallest absolute Gasteiger partial charge is 0.339 e. The maximum atomic E-state index is 11.1. The fourth-order valence-electron chi connectivity index (χ4n) is 1.70. The molecule has 0 spiro atoms. The van der Waals surface area contributed by atoms with Crippen molar-refractivity contribution in [1.29, 1.82) is 0 Å². The van der Waals surface area contributed by atoms with Gasteiger partial charge >= 0.3 is 5.97 Å². The van der Waals surface area contributed by atoms with E-state index >= 15 is 0 Å². The molecular weight excluding hydrogens is 258 g/mol. The van der Waals surface area contributed by atoms with Gasteiger partial charge in [0.2, 0.25) is 0 Å². The number of rotatable bonds is 4. The number of carboxylic acids is 1. The summed E-state index contributed by atoms with van der Waals surface area (Å²) in [5, 5.41) is 16.8. The molecule has 0 bridgehead atoms. The van der Waals surface area contributed by atoms with Gasteiger partial charge in [-0.2, -0.15) is 0 Å². The molecule has 104 valence electrons. The zero-order valence-corrected chi connectivity index (χ0v) is 11.5. The Morgan fingerprint density at radius 2 is 2.15 bits per heavy atom. The summed E-state index contributed by atoms with van der Waals surface area (Å²) in [6.07, 6.45) is 6.50. The van der Waals surface area contributed by atoms with E-state index in [1.807, 2.05) is 13.8 Å². The van der Waals surface area contributed by atoms with Crippen molar-refractivity contribution in [1.82, 2.24) is 25.0 Å². The van der Waals surface area contributed by atoms with Crippen LogP contribution in [0.25, 0.3) is 12.2 Å². The quantitative estimate of drug-likeness (QED) is 0.909. The van der Waals surface area contributed by atoms with Gasteiger partial charge in [-0.3, -0.25) is 4.68 Å². The second-order valence-electron chi connectivity index (χ2n) is 4.64. The minimum absolute atomic E-state index is 0.00719. The lowest BCUT2D eigenvalue weighted by molar-refractivity contribution is 0.0694. The van der Waals surface area contributed by atoms with Gasteiger partial charge in [0, 0.05) is 13.2 Å². The monoisotopic (exact) mass is 273 g/mol. The lowest BCUT2D eigenvalue weighted by Gasteiger charge is -2.08. The van der Waals surface area contributed by atoms with E-state index < -0.39 is 5.97 Å². The van der Waals surface area contributed by atoms with Crippen LogP contribution < -0.4 is 0 Å². The summed E-state index contributed by atoms with van der Waals surface area (Å²) in [6, 6.07) is 0. The molecule has 2 aromatic heterocycles. The second kappa shape index (κ2) is 5.60. The molecule has 7 heteroatoms. The molecule has 0 aliphatic rings. The van der Waals surface area contributed by atoms with Crippen molar-refractivity contribution in [3.8, 4) is 0 Å². The van der Waals surface area contributed by atoms with Crippen LogP contribution >= 0.6 is 0 Å². The maximum absolute atomic E-state index is 11.1. The van der Waals surface area contributed by atoms with E-state index in [1.165, 1.54) is 6.20 Å². The van der Waals surface area contributed by atoms with Gasteiger partial charge in [0.05, 0.1) is 17.5 Å². The van der Waals surface area contributed by atoms with E-state index in [-0.39, 0.29) is 11.5 Å². The van der Waals surface area contributed by atoms with Crippen LogP contribution in [0.4, 0.5) is 0 Å². The number of carbonyl (C=O) groups is 1. The molecule has 2 rings (SSSR count). The molecule has 0 saturated carbocycles. The zero-order chi connectivity index (χ0) is 14.7. The van der Waals surface area contributed by atoms with Gasteiger partial charge in [0.15, 0.2) is 5.82 Å². The topological polar surface area (TPSA) is 93.8 Å². The lowest BCUT2D eigenvalue weighted by Crippen LogP contribution is -2.08. The normalized spacial score (nSPS) is 11.4. The van der Waals surface area contributed by atoms with Crippen LogP contribution in [0.2, 0.25) is 0 Å². The van der Waals surface area contributed by atoms with Crippen molar-refractivity contribution < 1.29 is 9.90 Å². The van der Waals surface area contributed by atoms with Crippen LogP contribution in [-0.2, 0) is 7.05 Å². The summed E-state index contributed by atoms with van der Waals surface area (Å²) in [5.41, 5.74) is 1.34. The molecule has 0 fully saturated rings. The molecule has 2 aromatic rings. The zero-order valence-electron chi connectivity index (χ0n) is 11.5.